The highest BCUT2D eigenvalue weighted by atomic mass is 19.3. The molecule has 0 amide bonds. The molecule has 72 valence electrons. The summed E-state index contributed by atoms with van der Waals surface area (Å²) in [5, 5.41) is 8.08. The van der Waals surface area contributed by atoms with Crippen LogP contribution < -0.4 is 5.73 Å². The van der Waals surface area contributed by atoms with Gasteiger partial charge in [0.1, 0.15) is 0 Å². The molecule has 0 bridgehead atoms. The molecule has 0 radical (unpaired) electrons. The van der Waals surface area contributed by atoms with Gasteiger partial charge >= 0.3 is 11.9 Å². The maximum Gasteiger partial charge on any atom is 0.376 e. The number of aliphatic carboxylic acids is 1. The van der Waals surface area contributed by atoms with E-state index in [1.807, 2.05) is 6.92 Å². The lowest BCUT2D eigenvalue weighted by atomic mass is 10.0. The first-order valence-corrected chi connectivity index (χ1v) is 3.79. The summed E-state index contributed by atoms with van der Waals surface area (Å²) in [4.78, 5) is 10.00. The summed E-state index contributed by atoms with van der Waals surface area (Å²) in [6.07, 6.45) is 1.28. The Morgan fingerprint density at radius 2 is 2.17 bits per heavy atom. The Hall–Kier alpha value is -0.710. The molecule has 5 heteroatoms. The van der Waals surface area contributed by atoms with Crippen molar-refractivity contribution in [2.24, 2.45) is 5.73 Å². The summed E-state index contributed by atoms with van der Waals surface area (Å²) in [5.74, 6) is -5.94. The Bertz CT molecular complexity index is 161. The van der Waals surface area contributed by atoms with E-state index in [4.69, 9.17) is 10.8 Å². The SMILES string of the molecule is CCCCC(N)C(F)(F)C(=O)O. The smallest absolute Gasteiger partial charge is 0.376 e. The van der Waals surface area contributed by atoms with E-state index in [2.05, 4.69) is 0 Å². The molecule has 0 spiro atoms. The minimum atomic E-state index is -3.80. The molecule has 0 aromatic rings. The third kappa shape index (κ3) is 2.73. The topological polar surface area (TPSA) is 63.3 Å². The monoisotopic (exact) mass is 181 g/mol. The molecule has 0 heterocycles. The molecular formula is C7H13F2NO2. The van der Waals surface area contributed by atoms with E-state index in [9.17, 15) is 13.6 Å². The number of halogens is 2. The summed E-state index contributed by atoms with van der Waals surface area (Å²) < 4.78 is 25.1. The van der Waals surface area contributed by atoms with Crippen molar-refractivity contribution < 1.29 is 18.7 Å². The highest BCUT2D eigenvalue weighted by Crippen LogP contribution is 2.20. The summed E-state index contributed by atoms with van der Waals surface area (Å²) in [6, 6.07) is -1.57. The highest BCUT2D eigenvalue weighted by molar-refractivity contribution is 5.76. The first kappa shape index (κ1) is 11.3. The van der Waals surface area contributed by atoms with Gasteiger partial charge in [-0.25, -0.2) is 4.79 Å². The fourth-order valence-corrected chi connectivity index (χ4v) is 0.764. The molecule has 0 fully saturated rings. The number of nitrogens with two attached hydrogens (primary N) is 1. The van der Waals surface area contributed by atoms with Crippen LogP contribution in [0, 0.1) is 0 Å². The van der Waals surface area contributed by atoms with Crippen LogP contribution in [0.15, 0.2) is 0 Å². The zero-order chi connectivity index (χ0) is 9.78. The molecule has 0 aliphatic heterocycles. The number of unbranched alkanes of at least 4 members (excludes halogenated alkanes) is 1. The van der Waals surface area contributed by atoms with Gasteiger partial charge in [0.15, 0.2) is 0 Å². The number of alkyl halides is 2. The summed E-state index contributed by atoms with van der Waals surface area (Å²) in [7, 11) is 0. The lowest BCUT2D eigenvalue weighted by Gasteiger charge is -2.18. The van der Waals surface area contributed by atoms with E-state index in [0.717, 1.165) is 6.42 Å². The fraction of sp³-hybridized carbons (Fsp3) is 0.857. The van der Waals surface area contributed by atoms with Crippen LogP contribution in [-0.2, 0) is 4.79 Å². The number of rotatable bonds is 5. The molecule has 0 aromatic heterocycles. The zero-order valence-corrected chi connectivity index (χ0v) is 6.89. The standard InChI is InChI=1S/C7H13F2NO2/c1-2-3-4-5(10)7(8,9)6(11)12/h5H,2-4,10H2,1H3,(H,11,12). The van der Waals surface area contributed by atoms with Crippen molar-refractivity contribution >= 4 is 5.97 Å². The van der Waals surface area contributed by atoms with Crippen molar-refractivity contribution in [3.63, 3.8) is 0 Å². The predicted octanol–water partition coefficient (Wildman–Crippen LogP) is 1.22. The third-order valence-electron chi connectivity index (χ3n) is 1.62. The van der Waals surface area contributed by atoms with Crippen molar-refractivity contribution in [3.05, 3.63) is 0 Å². The summed E-state index contributed by atoms with van der Waals surface area (Å²) in [6.45, 7) is 1.83. The molecule has 0 aliphatic carbocycles. The average Bonchev–Trinajstić information content (AvgIpc) is 1.99. The molecule has 3 N–H and O–H groups in total. The maximum atomic E-state index is 12.5. The maximum absolute atomic E-state index is 12.5. The number of hydrogen-bond acceptors (Lipinski definition) is 2. The van der Waals surface area contributed by atoms with Gasteiger partial charge in [0.2, 0.25) is 0 Å². The Kier molecular flexibility index (Phi) is 4.09. The quantitative estimate of drug-likeness (QED) is 0.670. The van der Waals surface area contributed by atoms with E-state index in [1.165, 1.54) is 0 Å². The van der Waals surface area contributed by atoms with Gasteiger partial charge in [-0.2, -0.15) is 8.78 Å². The molecule has 0 aliphatic rings. The Labute approximate surface area is 69.6 Å². The van der Waals surface area contributed by atoms with Crippen LogP contribution in [-0.4, -0.2) is 23.0 Å². The number of hydrogen-bond donors (Lipinski definition) is 2. The van der Waals surface area contributed by atoms with Crippen LogP contribution in [0.1, 0.15) is 26.2 Å². The number of carbonyl (C=O) groups is 1. The first-order valence-electron chi connectivity index (χ1n) is 3.79. The Balaban J connectivity index is 4.06. The largest absolute Gasteiger partial charge is 0.477 e. The summed E-state index contributed by atoms with van der Waals surface area (Å²) >= 11 is 0. The lowest BCUT2D eigenvalue weighted by Crippen LogP contribution is -2.46. The van der Waals surface area contributed by atoms with Crippen molar-refractivity contribution in [3.8, 4) is 0 Å². The van der Waals surface area contributed by atoms with Crippen molar-refractivity contribution in [2.45, 2.75) is 38.2 Å². The van der Waals surface area contributed by atoms with Crippen LogP contribution in [0.2, 0.25) is 0 Å². The average molecular weight is 181 g/mol. The second-order valence-electron chi connectivity index (χ2n) is 2.68. The Morgan fingerprint density at radius 3 is 2.50 bits per heavy atom. The van der Waals surface area contributed by atoms with Crippen LogP contribution in [0.5, 0.6) is 0 Å². The fourth-order valence-electron chi connectivity index (χ4n) is 0.764. The highest BCUT2D eigenvalue weighted by Gasteiger charge is 2.44. The van der Waals surface area contributed by atoms with E-state index in [1.54, 1.807) is 0 Å². The van der Waals surface area contributed by atoms with Gasteiger partial charge in [0.25, 0.3) is 0 Å². The van der Waals surface area contributed by atoms with E-state index < -0.39 is 17.9 Å². The van der Waals surface area contributed by atoms with Gasteiger partial charge in [-0.1, -0.05) is 19.8 Å². The van der Waals surface area contributed by atoms with E-state index in [-0.39, 0.29) is 6.42 Å². The Morgan fingerprint density at radius 1 is 1.67 bits per heavy atom. The molecule has 0 saturated carbocycles. The number of carboxylic acids is 1. The van der Waals surface area contributed by atoms with Crippen molar-refractivity contribution in [1.82, 2.24) is 0 Å². The second kappa shape index (κ2) is 4.35. The molecule has 12 heavy (non-hydrogen) atoms. The molecule has 0 saturated heterocycles. The normalized spacial score (nSPS) is 14.3. The van der Waals surface area contributed by atoms with Gasteiger partial charge in [-0.3, -0.25) is 0 Å². The second-order valence-corrected chi connectivity index (χ2v) is 2.68. The first-order chi connectivity index (χ1) is 5.42. The van der Waals surface area contributed by atoms with Crippen molar-refractivity contribution in [2.75, 3.05) is 0 Å². The van der Waals surface area contributed by atoms with Crippen LogP contribution in [0.4, 0.5) is 8.78 Å². The minimum absolute atomic E-state index is 0.0375. The predicted molar refractivity (Wildman–Crippen MR) is 40.1 cm³/mol. The molecule has 1 atom stereocenters. The van der Waals surface area contributed by atoms with Gasteiger partial charge in [0, 0.05) is 0 Å². The molecule has 0 rings (SSSR count). The molecule has 1 unspecified atom stereocenters. The summed E-state index contributed by atoms with van der Waals surface area (Å²) in [5.41, 5.74) is 5.01. The van der Waals surface area contributed by atoms with Crippen LogP contribution in [0.3, 0.4) is 0 Å². The van der Waals surface area contributed by atoms with Gasteiger partial charge in [-0.15, -0.1) is 0 Å². The molecular weight excluding hydrogens is 168 g/mol. The van der Waals surface area contributed by atoms with Crippen LogP contribution in [0.25, 0.3) is 0 Å². The molecule has 3 nitrogen and oxygen atoms in total. The zero-order valence-electron chi connectivity index (χ0n) is 6.89. The van der Waals surface area contributed by atoms with E-state index >= 15 is 0 Å². The number of carboxylic acid groups (broad SMARTS) is 1. The van der Waals surface area contributed by atoms with Crippen LogP contribution >= 0.6 is 0 Å². The minimum Gasteiger partial charge on any atom is -0.477 e. The van der Waals surface area contributed by atoms with Gasteiger partial charge < -0.3 is 10.8 Å². The molecule has 0 aromatic carbocycles. The van der Waals surface area contributed by atoms with E-state index in [0.29, 0.717) is 6.42 Å². The third-order valence-corrected chi connectivity index (χ3v) is 1.62. The van der Waals surface area contributed by atoms with Crippen molar-refractivity contribution in [1.29, 1.82) is 0 Å². The van der Waals surface area contributed by atoms with Gasteiger partial charge in [-0.05, 0) is 6.42 Å². The van der Waals surface area contributed by atoms with Gasteiger partial charge in [0.05, 0.1) is 6.04 Å². The lowest BCUT2D eigenvalue weighted by molar-refractivity contribution is -0.168.